The zero-order valence-corrected chi connectivity index (χ0v) is 13.1. The minimum atomic E-state index is 0.121. The highest BCUT2D eigenvalue weighted by Crippen LogP contribution is 2.41. The van der Waals surface area contributed by atoms with Gasteiger partial charge in [-0.3, -0.25) is 4.79 Å². The smallest absolute Gasteiger partial charge is 0.234 e. The highest BCUT2D eigenvalue weighted by Gasteiger charge is 2.32. The Labute approximate surface area is 127 Å². The van der Waals surface area contributed by atoms with E-state index in [0.29, 0.717) is 6.54 Å². The third-order valence-electron chi connectivity index (χ3n) is 4.87. The maximum Gasteiger partial charge on any atom is 0.234 e. The Hall–Kier alpha value is -1.35. The van der Waals surface area contributed by atoms with E-state index in [1.807, 2.05) is 0 Å². The van der Waals surface area contributed by atoms with Gasteiger partial charge in [-0.1, -0.05) is 38.1 Å². The predicted octanol–water partition coefficient (Wildman–Crippen LogP) is 2.91. The Balaban J connectivity index is 1.61. The molecule has 1 aromatic rings. The molecule has 3 nitrogen and oxygen atoms in total. The van der Waals surface area contributed by atoms with Gasteiger partial charge in [-0.25, -0.2) is 0 Å². The molecule has 1 fully saturated rings. The van der Waals surface area contributed by atoms with Gasteiger partial charge in [0.1, 0.15) is 0 Å². The van der Waals surface area contributed by atoms with E-state index in [4.69, 9.17) is 0 Å². The Morgan fingerprint density at radius 3 is 2.76 bits per heavy atom. The van der Waals surface area contributed by atoms with Crippen LogP contribution in [0.5, 0.6) is 0 Å². The van der Waals surface area contributed by atoms with E-state index in [-0.39, 0.29) is 17.4 Å². The number of fused-ring (bicyclic) bond motifs is 1. The molecule has 2 aliphatic carbocycles. The maximum absolute atomic E-state index is 12.1. The molecular formula is C18H26N2O. The van der Waals surface area contributed by atoms with Gasteiger partial charge in [0.05, 0.1) is 12.6 Å². The molecule has 1 atom stereocenters. The van der Waals surface area contributed by atoms with Crippen molar-refractivity contribution >= 4 is 5.91 Å². The summed E-state index contributed by atoms with van der Waals surface area (Å²) in [7, 11) is 0. The van der Waals surface area contributed by atoms with Crippen molar-refractivity contribution in [2.24, 2.45) is 5.92 Å². The third-order valence-corrected chi connectivity index (χ3v) is 4.87. The predicted molar refractivity (Wildman–Crippen MR) is 85.2 cm³/mol. The summed E-state index contributed by atoms with van der Waals surface area (Å²) in [5.74, 6) is 0.934. The summed E-state index contributed by atoms with van der Waals surface area (Å²) >= 11 is 0. The lowest BCUT2D eigenvalue weighted by molar-refractivity contribution is -0.121. The van der Waals surface area contributed by atoms with E-state index in [9.17, 15) is 4.79 Å². The highest BCUT2D eigenvalue weighted by molar-refractivity contribution is 5.78. The molecule has 0 saturated heterocycles. The van der Waals surface area contributed by atoms with Crippen molar-refractivity contribution in [3.8, 4) is 0 Å². The lowest BCUT2D eigenvalue weighted by Gasteiger charge is -2.37. The van der Waals surface area contributed by atoms with E-state index in [1.165, 1.54) is 24.0 Å². The van der Waals surface area contributed by atoms with E-state index < -0.39 is 0 Å². The summed E-state index contributed by atoms with van der Waals surface area (Å²) in [6.45, 7) is 6.02. The van der Waals surface area contributed by atoms with Crippen molar-refractivity contribution in [3.05, 3.63) is 35.4 Å². The summed E-state index contributed by atoms with van der Waals surface area (Å²) in [6.07, 6.45) is 4.78. The normalized spacial score (nSPS) is 23.4. The second kappa shape index (κ2) is 5.80. The molecule has 0 radical (unpaired) electrons. The van der Waals surface area contributed by atoms with Crippen molar-refractivity contribution in [2.75, 3.05) is 13.1 Å². The summed E-state index contributed by atoms with van der Waals surface area (Å²) < 4.78 is 0. The van der Waals surface area contributed by atoms with Crippen molar-refractivity contribution in [1.29, 1.82) is 0 Å². The number of hydrogen-bond acceptors (Lipinski definition) is 2. The molecule has 3 heteroatoms. The van der Waals surface area contributed by atoms with E-state index in [2.05, 4.69) is 48.7 Å². The van der Waals surface area contributed by atoms with Crippen LogP contribution in [0, 0.1) is 5.92 Å². The second-order valence-electron chi connectivity index (χ2n) is 7.20. The fourth-order valence-corrected chi connectivity index (χ4v) is 3.32. The Morgan fingerprint density at radius 2 is 2.00 bits per heavy atom. The number of benzene rings is 1. The number of carbonyl (C=O) groups is 1. The van der Waals surface area contributed by atoms with Crippen LogP contribution in [-0.4, -0.2) is 19.0 Å². The van der Waals surface area contributed by atoms with Crippen molar-refractivity contribution in [3.63, 3.8) is 0 Å². The molecule has 0 bridgehead atoms. The van der Waals surface area contributed by atoms with Crippen LogP contribution in [0.25, 0.3) is 0 Å². The number of amides is 1. The number of rotatable bonds is 5. The average Bonchev–Trinajstić information content (AvgIpc) is 3.27. The third kappa shape index (κ3) is 3.46. The van der Waals surface area contributed by atoms with E-state index >= 15 is 0 Å². The molecule has 3 rings (SSSR count). The molecule has 114 valence electrons. The molecule has 21 heavy (non-hydrogen) atoms. The van der Waals surface area contributed by atoms with Crippen molar-refractivity contribution in [1.82, 2.24) is 10.6 Å². The second-order valence-corrected chi connectivity index (χ2v) is 7.20. The molecule has 2 aliphatic rings. The average molecular weight is 286 g/mol. The maximum atomic E-state index is 12.1. The first kappa shape index (κ1) is 14.6. The molecule has 0 aromatic heterocycles. The Morgan fingerprint density at radius 1 is 1.24 bits per heavy atom. The van der Waals surface area contributed by atoms with Gasteiger partial charge in [-0.15, -0.1) is 0 Å². The van der Waals surface area contributed by atoms with Crippen LogP contribution in [0.4, 0.5) is 0 Å². The molecule has 1 saturated carbocycles. The number of nitrogens with one attached hydrogen (secondary N) is 2. The van der Waals surface area contributed by atoms with Crippen LogP contribution in [0.3, 0.4) is 0 Å². The van der Waals surface area contributed by atoms with E-state index in [1.54, 1.807) is 0 Å². The summed E-state index contributed by atoms with van der Waals surface area (Å²) in [4.78, 5) is 12.1. The molecule has 1 aromatic carbocycles. The van der Waals surface area contributed by atoms with Gasteiger partial charge in [0.25, 0.3) is 0 Å². The fraction of sp³-hybridized carbons (Fsp3) is 0.611. The Bertz CT molecular complexity index is 520. The quantitative estimate of drug-likeness (QED) is 0.874. The van der Waals surface area contributed by atoms with Crippen LogP contribution in [-0.2, 0) is 10.2 Å². The molecular weight excluding hydrogens is 260 g/mol. The van der Waals surface area contributed by atoms with Crippen LogP contribution in [0.15, 0.2) is 24.3 Å². The number of hydrogen-bond donors (Lipinski definition) is 2. The van der Waals surface area contributed by atoms with Gasteiger partial charge in [0.2, 0.25) is 5.91 Å². The zero-order chi connectivity index (χ0) is 14.9. The molecule has 0 aliphatic heterocycles. The van der Waals surface area contributed by atoms with Crippen LogP contribution in [0.1, 0.15) is 56.7 Å². The summed E-state index contributed by atoms with van der Waals surface area (Å²) in [6, 6.07) is 8.72. The van der Waals surface area contributed by atoms with Crippen molar-refractivity contribution < 1.29 is 4.79 Å². The van der Waals surface area contributed by atoms with Gasteiger partial charge >= 0.3 is 0 Å². The van der Waals surface area contributed by atoms with Gasteiger partial charge in [0.15, 0.2) is 0 Å². The minimum absolute atomic E-state index is 0.121. The van der Waals surface area contributed by atoms with Gasteiger partial charge < -0.3 is 10.6 Å². The lowest BCUT2D eigenvalue weighted by atomic mass is 9.71. The molecule has 0 heterocycles. The summed E-state index contributed by atoms with van der Waals surface area (Å²) in [5, 5.41) is 6.47. The SMILES string of the molecule is CC1(C)CCC(NC(=O)CNCC2CC2)c2ccccc21. The monoisotopic (exact) mass is 286 g/mol. The number of carbonyl (C=O) groups excluding carboxylic acids is 1. The molecule has 2 N–H and O–H groups in total. The Kier molecular flexibility index (Phi) is 4.03. The largest absolute Gasteiger partial charge is 0.348 e. The molecule has 0 spiro atoms. The first-order valence-corrected chi connectivity index (χ1v) is 8.16. The zero-order valence-electron chi connectivity index (χ0n) is 13.1. The minimum Gasteiger partial charge on any atom is -0.348 e. The molecule has 1 amide bonds. The van der Waals surface area contributed by atoms with Gasteiger partial charge in [-0.2, -0.15) is 0 Å². The van der Waals surface area contributed by atoms with Crippen LogP contribution < -0.4 is 10.6 Å². The lowest BCUT2D eigenvalue weighted by Crippen LogP contribution is -2.40. The first-order valence-electron chi connectivity index (χ1n) is 8.16. The van der Waals surface area contributed by atoms with Crippen molar-refractivity contribution in [2.45, 2.75) is 51.0 Å². The van der Waals surface area contributed by atoms with Crippen LogP contribution >= 0.6 is 0 Å². The highest BCUT2D eigenvalue weighted by atomic mass is 16.1. The van der Waals surface area contributed by atoms with Gasteiger partial charge in [-0.05, 0) is 54.7 Å². The summed E-state index contributed by atoms with van der Waals surface area (Å²) in [5.41, 5.74) is 2.89. The first-order chi connectivity index (χ1) is 10.1. The molecule has 1 unspecified atom stereocenters. The van der Waals surface area contributed by atoms with Crippen LogP contribution in [0.2, 0.25) is 0 Å². The van der Waals surface area contributed by atoms with Gasteiger partial charge in [0, 0.05) is 0 Å². The topological polar surface area (TPSA) is 41.1 Å². The standard InChI is InChI=1S/C18H26N2O/c1-18(2)10-9-16(14-5-3-4-6-15(14)18)20-17(21)12-19-11-13-7-8-13/h3-6,13,16,19H,7-12H2,1-2H3,(H,20,21). The van der Waals surface area contributed by atoms with E-state index in [0.717, 1.165) is 25.3 Å². The fourth-order valence-electron chi connectivity index (χ4n) is 3.32.